The van der Waals surface area contributed by atoms with Crippen LogP contribution in [0.1, 0.15) is 11.6 Å². The molecule has 24 heavy (non-hydrogen) atoms. The van der Waals surface area contributed by atoms with E-state index in [0.717, 1.165) is 17.0 Å². The molecule has 12 heteroatoms. The first-order valence-corrected chi connectivity index (χ1v) is 7.19. The van der Waals surface area contributed by atoms with Crippen molar-refractivity contribution in [3.63, 3.8) is 0 Å². The van der Waals surface area contributed by atoms with E-state index in [0.29, 0.717) is 13.1 Å². The molecule has 0 spiro atoms. The van der Waals surface area contributed by atoms with Gasteiger partial charge in [-0.2, -0.15) is 13.2 Å². The molecule has 0 radical (unpaired) electrons. The van der Waals surface area contributed by atoms with E-state index >= 15 is 0 Å². The number of nitrogens with one attached hydrogen (secondary N) is 1. The molecule has 1 aliphatic heterocycles. The molecule has 2 rings (SSSR count). The third-order valence-electron chi connectivity index (χ3n) is 3.41. The minimum absolute atomic E-state index is 0. The zero-order chi connectivity index (χ0) is 16.5. The Labute approximate surface area is 156 Å². The summed E-state index contributed by atoms with van der Waals surface area (Å²) in [5.41, 5.74) is -1.03. The predicted molar refractivity (Wildman–Crippen MR) is 90.2 cm³/mol. The van der Waals surface area contributed by atoms with Crippen LogP contribution in [0.5, 0.6) is 5.75 Å². The molecule has 1 aromatic carbocycles. The number of nitro groups is 1. The van der Waals surface area contributed by atoms with Crippen LogP contribution in [0.15, 0.2) is 16.6 Å². The Bertz CT molecular complexity index is 587. The van der Waals surface area contributed by atoms with Crippen LogP contribution in [0.2, 0.25) is 0 Å². The van der Waals surface area contributed by atoms with Gasteiger partial charge in [0.2, 0.25) is 0 Å². The smallest absolute Gasteiger partial charge is 0.408 e. The number of piperazine rings is 1. The van der Waals surface area contributed by atoms with E-state index in [-0.39, 0.29) is 42.4 Å². The van der Waals surface area contributed by atoms with E-state index in [9.17, 15) is 28.4 Å². The summed E-state index contributed by atoms with van der Waals surface area (Å²) in [6.45, 7) is 1.01. The zero-order valence-electron chi connectivity index (χ0n) is 12.0. The number of hydrogen-bond acceptors (Lipinski definition) is 5. The predicted octanol–water partition coefficient (Wildman–Crippen LogP) is 3.42. The maximum Gasteiger partial charge on any atom is 0.408 e. The highest BCUT2D eigenvalue weighted by atomic mass is 79.9. The van der Waals surface area contributed by atoms with Gasteiger partial charge in [0.25, 0.3) is 5.69 Å². The van der Waals surface area contributed by atoms with E-state index < -0.39 is 34.1 Å². The summed E-state index contributed by atoms with van der Waals surface area (Å²) in [5, 5.41) is 23.8. The van der Waals surface area contributed by atoms with Crippen LogP contribution in [0, 0.1) is 10.1 Å². The standard InChI is InChI=1S/C12H13BrF3N3O3.2ClH/c13-9-6-7(19(21)22)5-8(10(9)20)11(12(14,15)16)18-3-1-17-2-4-18;;/h5-6,11,17,20H,1-4H2;2*1H/t11-;;/m1../s1. The minimum Gasteiger partial charge on any atom is -0.506 e. The number of alkyl halides is 3. The number of phenolic OH excluding ortho intramolecular Hbond substituents is 1. The third kappa shape index (κ3) is 5.09. The van der Waals surface area contributed by atoms with Crippen molar-refractivity contribution in [1.29, 1.82) is 0 Å². The van der Waals surface area contributed by atoms with Crippen LogP contribution in [-0.2, 0) is 0 Å². The quantitative estimate of drug-likeness (QED) is 0.538. The Morgan fingerprint density at radius 3 is 2.29 bits per heavy atom. The molecular weight excluding hydrogens is 442 g/mol. The van der Waals surface area contributed by atoms with Crippen molar-refractivity contribution in [3.05, 3.63) is 32.3 Å². The molecule has 1 fully saturated rings. The van der Waals surface area contributed by atoms with Crippen LogP contribution in [0.25, 0.3) is 0 Å². The van der Waals surface area contributed by atoms with Gasteiger partial charge in [-0.05, 0) is 15.9 Å². The monoisotopic (exact) mass is 455 g/mol. The molecule has 1 atom stereocenters. The molecule has 0 unspecified atom stereocenters. The second-order valence-corrected chi connectivity index (χ2v) is 5.71. The average molecular weight is 457 g/mol. The summed E-state index contributed by atoms with van der Waals surface area (Å²) < 4.78 is 40.3. The van der Waals surface area contributed by atoms with Crippen LogP contribution < -0.4 is 5.32 Å². The van der Waals surface area contributed by atoms with Crippen molar-refractivity contribution < 1.29 is 23.2 Å². The number of halogens is 6. The number of nitro benzene ring substituents is 1. The van der Waals surface area contributed by atoms with Gasteiger partial charge in [0.05, 0.1) is 9.40 Å². The first-order valence-electron chi connectivity index (χ1n) is 6.40. The van der Waals surface area contributed by atoms with E-state index in [2.05, 4.69) is 21.2 Å². The van der Waals surface area contributed by atoms with Crippen LogP contribution in [0.3, 0.4) is 0 Å². The van der Waals surface area contributed by atoms with Crippen molar-refractivity contribution in [2.24, 2.45) is 0 Å². The number of phenols is 1. The molecule has 6 nitrogen and oxygen atoms in total. The number of benzene rings is 1. The second kappa shape index (κ2) is 9.04. The van der Waals surface area contributed by atoms with Gasteiger partial charge in [0.1, 0.15) is 11.8 Å². The Morgan fingerprint density at radius 2 is 1.83 bits per heavy atom. The summed E-state index contributed by atoms with van der Waals surface area (Å²) in [6, 6.07) is -0.338. The zero-order valence-corrected chi connectivity index (χ0v) is 15.3. The lowest BCUT2D eigenvalue weighted by Gasteiger charge is -2.36. The molecule has 1 saturated heterocycles. The fraction of sp³-hybridized carbons (Fsp3) is 0.500. The molecule has 0 aliphatic carbocycles. The minimum atomic E-state index is -4.66. The topological polar surface area (TPSA) is 78.6 Å². The van der Waals surface area contributed by atoms with Crippen molar-refractivity contribution in [2.75, 3.05) is 26.2 Å². The maximum atomic E-state index is 13.5. The van der Waals surface area contributed by atoms with Gasteiger partial charge in [-0.15, -0.1) is 24.8 Å². The highest BCUT2D eigenvalue weighted by molar-refractivity contribution is 9.10. The highest BCUT2D eigenvalue weighted by Gasteiger charge is 2.47. The summed E-state index contributed by atoms with van der Waals surface area (Å²) >= 11 is 2.87. The average Bonchev–Trinajstić information content (AvgIpc) is 2.43. The number of nitrogens with zero attached hydrogens (tertiary/aromatic N) is 2. The molecule has 0 amide bonds. The van der Waals surface area contributed by atoms with Gasteiger partial charge >= 0.3 is 6.18 Å². The fourth-order valence-electron chi connectivity index (χ4n) is 2.44. The van der Waals surface area contributed by atoms with Gasteiger partial charge in [0.15, 0.2) is 0 Å². The summed E-state index contributed by atoms with van der Waals surface area (Å²) in [5.74, 6) is -0.633. The van der Waals surface area contributed by atoms with Gasteiger partial charge in [-0.1, -0.05) is 0 Å². The Kier molecular flexibility index (Phi) is 8.74. The molecule has 138 valence electrons. The van der Waals surface area contributed by atoms with Crippen LogP contribution in [-0.4, -0.2) is 47.3 Å². The fourth-order valence-corrected chi connectivity index (χ4v) is 2.90. The lowest BCUT2D eigenvalue weighted by molar-refractivity contribution is -0.385. The summed E-state index contributed by atoms with van der Waals surface area (Å²) in [6.07, 6.45) is -4.66. The van der Waals surface area contributed by atoms with E-state index in [1.54, 1.807) is 0 Å². The van der Waals surface area contributed by atoms with Crippen LogP contribution in [0.4, 0.5) is 18.9 Å². The maximum absolute atomic E-state index is 13.5. The highest BCUT2D eigenvalue weighted by Crippen LogP contribution is 2.45. The van der Waals surface area contributed by atoms with E-state index in [4.69, 9.17) is 0 Å². The molecule has 1 aliphatic rings. The van der Waals surface area contributed by atoms with E-state index in [1.165, 1.54) is 0 Å². The number of hydrogen-bond donors (Lipinski definition) is 2. The van der Waals surface area contributed by atoms with Crippen molar-refractivity contribution in [1.82, 2.24) is 10.2 Å². The molecule has 1 heterocycles. The molecule has 1 aromatic rings. The lowest BCUT2D eigenvalue weighted by atomic mass is 10.0. The first kappa shape index (κ1) is 23.2. The Hall–Kier alpha value is -0.810. The van der Waals surface area contributed by atoms with E-state index in [1.807, 2.05) is 0 Å². The van der Waals surface area contributed by atoms with Crippen LogP contribution >= 0.6 is 40.7 Å². The largest absolute Gasteiger partial charge is 0.506 e. The normalized spacial score (nSPS) is 16.7. The summed E-state index contributed by atoms with van der Waals surface area (Å²) in [4.78, 5) is 11.2. The first-order chi connectivity index (χ1) is 10.2. The molecule has 0 saturated carbocycles. The SMILES string of the molecule is Cl.Cl.O=[N+]([O-])c1cc(Br)c(O)c([C@@H](N2CCNCC2)C(F)(F)F)c1. The number of rotatable bonds is 3. The van der Waals surface area contributed by atoms with Gasteiger partial charge in [0, 0.05) is 43.9 Å². The number of non-ortho nitro benzene ring substituents is 1. The molecule has 0 aromatic heterocycles. The molecule has 2 N–H and O–H groups in total. The molecule has 0 bridgehead atoms. The Morgan fingerprint density at radius 1 is 1.29 bits per heavy atom. The Balaban J connectivity index is 0.00000264. The lowest BCUT2D eigenvalue weighted by Crippen LogP contribution is -2.49. The molecular formula is C12H15BrCl2F3N3O3. The van der Waals surface area contributed by atoms with Crippen molar-refractivity contribution >= 4 is 46.4 Å². The summed E-state index contributed by atoms with van der Waals surface area (Å²) in [7, 11) is 0. The van der Waals surface area contributed by atoms with Crippen molar-refractivity contribution in [2.45, 2.75) is 12.2 Å². The third-order valence-corrected chi connectivity index (χ3v) is 4.01. The van der Waals surface area contributed by atoms with Crippen molar-refractivity contribution in [3.8, 4) is 5.75 Å². The van der Waals surface area contributed by atoms with Gasteiger partial charge in [-0.3, -0.25) is 15.0 Å². The van der Waals surface area contributed by atoms with Gasteiger partial charge < -0.3 is 10.4 Å². The second-order valence-electron chi connectivity index (χ2n) is 4.85. The van der Waals surface area contributed by atoms with Gasteiger partial charge in [-0.25, -0.2) is 0 Å². The number of aromatic hydroxyl groups is 1.